The lowest BCUT2D eigenvalue weighted by atomic mass is 9.92. The molecule has 10 nitrogen and oxygen atoms in total. The van der Waals surface area contributed by atoms with Crippen LogP contribution < -0.4 is 9.46 Å². The zero-order chi connectivity index (χ0) is 21.4. The maximum Gasteiger partial charge on any atom is 0.263 e. The Hall–Kier alpha value is -2.57. The minimum Gasteiger partial charge on any atom is -0.493 e. The monoisotopic (exact) mass is 462 g/mol. The summed E-state index contributed by atoms with van der Waals surface area (Å²) in [5.41, 5.74) is 1.02. The normalized spacial score (nSPS) is 20.2. The van der Waals surface area contributed by atoms with Crippen LogP contribution in [0, 0.1) is 6.92 Å². The summed E-state index contributed by atoms with van der Waals surface area (Å²) in [6, 6.07) is 5.28. The largest absolute Gasteiger partial charge is 0.493 e. The zero-order valence-corrected chi connectivity index (χ0v) is 18.5. The van der Waals surface area contributed by atoms with E-state index in [1.165, 1.54) is 6.33 Å². The molecule has 2 aromatic heterocycles. The van der Waals surface area contributed by atoms with Crippen molar-refractivity contribution in [2.24, 2.45) is 0 Å². The van der Waals surface area contributed by atoms with Crippen molar-refractivity contribution in [3.8, 4) is 5.75 Å². The molecule has 1 N–H and O–H groups in total. The van der Waals surface area contributed by atoms with Gasteiger partial charge in [0.2, 0.25) is 11.0 Å². The van der Waals surface area contributed by atoms with Crippen LogP contribution in [0.2, 0.25) is 0 Å². The number of aromatic nitrogens is 4. The van der Waals surface area contributed by atoms with Gasteiger partial charge >= 0.3 is 0 Å². The number of benzene rings is 1. The van der Waals surface area contributed by atoms with E-state index in [-0.39, 0.29) is 22.0 Å². The van der Waals surface area contributed by atoms with Crippen LogP contribution in [0.1, 0.15) is 48.5 Å². The predicted octanol–water partition coefficient (Wildman–Crippen LogP) is 2.73. The van der Waals surface area contributed by atoms with Gasteiger partial charge in [-0.3, -0.25) is 9.62 Å². The van der Waals surface area contributed by atoms with Gasteiger partial charge in [-0.1, -0.05) is 11.2 Å². The van der Waals surface area contributed by atoms with Crippen molar-refractivity contribution in [2.45, 2.75) is 43.0 Å². The summed E-state index contributed by atoms with van der Waals surface area (Å²) in [5.74, 6) is 2.30. The van der Waals surface area contributed by atoms with E-state index in [1.54, 1.807) is 12.1 Å². The third kappa shape index (κ3) is 4.14. The van der Waals surface area contributed by atoms with Gasteiger partial charge in [0.05, 0.1) is 11.5 Å². The van der Waals surface area contributed by atoms with Crippen LogP contribution in [-0.4, -0.2) is 52.5 Å². The third-order valence-corrected chi connectivity index (χ3v) is 7.79. The van der Waals surface area contributed by atoms with E-state index in [0.717, 1.165) is 55.3 Å². The molecule has 0 aliphatic carbocycles. The number of sulfonamides is 1. The molecule has 164 valence electrons. The van der Waals surface area contributed by atoms with Crippen molar-refractivity contribution >= 4 is 26.7 Å². The summed E-state index contributed by atoms with van der Waals surface area (Å²) in [7, 11) is -3.75. The molecule has 1 fully saturated rings. The van der Waals surface area contributed by atoms with Crippen LogP contribution in [0.25, 0.3) is 0 Å². The highest BCUT2D eigenvalue weighted by Crippen LogP contribution is 2.40. The molecule has 0 spiro atoms. The topological polar surface area (TPSA) is 123 Å². The number of nitrogens with one attached hydrogen (secondary N) is 1. The first-order valence-electron chi connectivity index (χ1n) is 10.1. The molecule has 1 saturated heterocycles. The minimum atomic E-state index is -3.75. The SMILES string of the molecule is Cc1noc(C2CCN(C3CCOc4cc(S(=O)(=O)Nc5ncns5)ccc43)CC2)n1. The van der Waals surface area contributed by atoms with E-state index in [0.29, 0.717) is 18.2 Å². The van der Waals surface area contributed by atoms with Crippen molar-refractivity contribution in [1.29, 1.82) is 0 Å². The van der Waals surface area contributed by atoms with E-state index in [9.17, 15) is 8.42 Å². The van der Waals surface area contributed by atoms with Crippen LogP contribution in [0.3, 0.4) is 0 Å². The number of aryl methyl sites for hydroxylation is 1. The van der Waals surface area contributed by atoms with E-state index in [4.69, 9.17) is 9.26 Å². The van der Waals surface area contributed by atoms with Crippen molar-refractivity contribution in [3.05, 3.63) is 41.8 Å². The van der Waals surface area contributed by atoms with Gasteiger partial charge in [0.15, 0.2) is 5.82 Å². The molecule has 2 aliphatic rings. The second-order valence-corrected chi connectivity index (χ2v) is 10.2. The lowest BCUT2D eigenvalue weighted by Gasteiger charge is -2.39. The highest BCUT2D eigenvalue weighted by molar-refractivity contribution is 7.93. The van der Waals surface area contributed by atoms with Crippen molar-refractivity contribution < 1.29 is 17.7 Å². The van der Waals surface area contributed by atoms with Crippen LogP contribution >= 0.6 is 11.5 Å². The lowest BCUT2D eigenvalue weighted by molar-refractivity contribution is 0.106. The van der Waals surface area contributed by atoms with Gasteiger partial charge in [-0.05, 0) is 38.9 Å². The molecule has 2 aliphatic heterocycles. The first kappa shape index (κ1) is 20.3. The Morgan fingerprint density at radius 2 is 2.06 bits per heavy atom. The Morgan fingerprint density at radius 1 is 1.23 bits per heavy atom. The fraction of sp³-hybridized carbons (Fsp3) is 0.474. The molecule has 4 heterocycles. The molecule has 0 amide bonds. The molecule has 3 aromatic rings. The summed E-state index contributed by atoms with van der Waals surface area (Å²) in [5, 5.41) is 4.14. The Morgan fingerprint density at radius 3 is 2.77 bits per heavy atom. The van der Waals surface area contributed by atoms with Gasteiger partial charge < -0.3 is 9.26 Å². The molecule has 0 bridgehead atoms. The standard InChI is InChI=1S/C19H22N6O4S2/c1-12-22-18(29-23-12)13-4-7-25(8-5-13)16-6-9-28-17-10-14(2-3-15(16)17)31(26,27)24-19-20-11-21-30-19/h2-3,10-11,13,16H,4-9H2,1H3,(H,20,21,24). The summed E-state index contributed by atoms with van der Waals surface area (Å²) < 4.78 is 42.8. The minimum absolute atomic E-state index is 0.146. The van der Waals surface area contributed by atoms with Crippen LogP contribution in [0.4, 0.5) is 5.13 Å². The molecule has 12 heteroatoms. The molecule has 0 radical (unpaired) electrons. The van der Waals surface area contributed by atoms with Crippen LogP contribution in [0.15, 0.2) is 33.9 Å². The number of hydrogen-bond donors (Lipinski definition) is 1. The van der Waals surface area contributed by atoms with Crippen molar-refractivity contribution in [3.63, 3.8) is 0 Å². The summed E-state index contributed by atoms with van der Waals surface area (Å²) >= 11 is 0.988. The Kier molecular flexibility index (Phi) is 5.36. The maximum atomic E-state index is 12.7. The molecule has 0 saturated carbocycles. The van der Waals surface area contributed by atoms with Crippen LogP contribution in [-0.2, 0) is 10.0 Å². The number of rotatable bonds is 5. The van der Waals surface area contributed by atoms with Crippen LogP contribution in [0.5, 0.6) is 5.75 Å². The second kappa shape index (κ2) is 8.17. The smallest absolute Gasteiger partial charge is 0.263 e. The first-order chi connectivity index (χ1) is 15.0. The second-order valence-electron chi connectivity index (χ2n) is 7.69. The Bertz CT molecular complexity index is 1160. The molecule has 31 heavy (non-hydrogen) atoms. The van der Waals surface area contributed by atoms with Gasteiger partial charge in [0.25, 0.3) is 10.0 Å². The first-order valence-corrected chi connectivity index (χ1v) is 12.4. The van der Waals surface area contributed by atoms with E-state index in [2.05, 4.69) is 29.1 Å². The summed E-state index contributed by atoms with van der Waals surface area (Å²) in [6.45, 7) is 4.20. The molecule has 1 unspecified atom stereocenters. The number of hydrogen-bond acceptors (Lipinski definition) is 10. The van der Waals surface area contributed by atoms with Crippen molar-refractivity contribution in [1.82, 2.24) is 24.4 Å². The number of fused-ring (bicyclic) bond motifs is 1. The summed E-state index contributed by atoms with van der Waals surface area (Å²) in [4.78, 5) is 10.8. The highest BCUT2D eigenvalue weighted by atomic mass is 32.2. The number of nitrogens with zero attached hydrogens (tertiary/aromatic N) is 5. The molecule has 1 aromatic carbocycles. The fourth-order valence-electron chi connectivity index (χ4n) is 4.23. The predicted molar refractivity (Wildman–Crippen MR) is 113 cm³/mol. The fourth-order valence-corrected chi connectivity index (χ4v) is 5.90. The molecular weight excluding hydrogens is 440 g/mol. The van der Waals surface area contributed by atoms with E-state index < -0.39 is 10.0 Å². The molecule has 1 atom stereocenters. The van der Waals surface area contributed by atoms with Gasteiger partial charge in [-0.2, -0.15) is 9.36 Å². The average Bonchev–Trinajstić information content (AvgIpc) is 3.44. The number of likely N-dealkylation sites (tertiary alicyclic amines) is 1. The Labute approximate surface area is 183 Å². The maximum absolute atomic E-state index is 12.7. The number of piperidine rings is 1. The van der Waals surface area contributed by atoms with Gasteiger partial charge in [-0.15, -0.1) is 0 Å². The highest BCUT2D eigenvalue weighted by Gasteiger charge is 2.33. The van der Waals surface area contributed by atoms with Crippen molar-refractivity contribution in [2.75, 3.05) is 24.4 Å². The average molecular weight is 463 g/mol. The number of ether oxygens (including phenoxy) is 1. The van der Waals surface area contributed by atoms with Gasteiger partial charge in [0, 0.05) is 41.5 Å². The van der Waals surface area contributed by atoms with Gasteiger partial charge in [0.1, 0.15) is 12.1 Å². The summed E-state index contributed by atoms with van der Waals surface area (Å²) in [6.07, 6.45) is 4.08. The third-order valence-electron chi connectivity index (χ3n) is 5.75. The van der Waals surface area contributed by atoms with E-state index in [1.807, 2.05) is 13.0 Å². The zero-order valence-electron chi connectivity index (χ0n) is 16.9. The number of anilines is 1. The lowest BCUT2D eigenvalue weighted by Crippen LogP contribution is -2.38. The Balaban J connectivity index is 1.31. The molecular formula is C19H22N6O4S2. The quantitative estimate of drug-likeness (QED) is 0.609. The van der Waals surface area contributed by atoms with Gasteiger partial charge in [-0.25, -0.2) is 13.4 Å². The molecule has 5 rings (SSSR count). The van der Waals surface area contributed by atoms with E-state index >= 15 is 0 Å².